The van der Waals surface area contributed by atoms with E-state index in [1.165, 1.54) is 23.5 Å². The topological polar surface area (TPSA) is 12.0 Å². The first-order chi connectivity index (χ1) is 5.86. The second-order valence-electron chi connectivity index (χ2n) is 3.16. The largest absolute Gasteiger partial charge is 0.314 e. The van der Waals surface area contributed by atoms with Gasteiger partial charge >= 0.3 is 0 Å². The second kappa shape index (κ2) is 3.50. The Labute approximate surface area is 77.6 Å². The zero-order valence-electron chi connectivity index (χ0n) is 7.21. The smallest absolute Gasteiger partial charge is 0.0344 e. The van der Waals surface area contributed by atoms with E-state index in [9.17, 15) is 0 Å². The summed E-state index contributed by atoms with van der Waals surface area (Å²) >= 11 is 1.99. The molecule has 64 valence electrons. The summed E-state index contributed by atoms with van der Waals surface area (Å²) in [6.07, 6.45) is 0. The lowest BCUT2D eigenvalue weighted by molar-refractivity contribution is 0.543. The third-order valence-corrected chi connectivity index (χ3v) is 3.51. The molecule has 1 heterocycles. The van der Waals surface area contributed by atoms with Crippen LogP contribution < -0.4 is 5.32 Å². The molecule has 2 rings (SSSR count). The van der Waals surface area contributed by atoms with Crippen LogP contribution in [0.3, 0.4) is 0 Å². The van der Waals surface area contributed by atoms with Crippen molar-refractivity contribution in [2.45, 2.75) is 17.1 Å². The fourth-order valence-electron chi connectivity index (χ4n) is 1.21. The van der Waals surface area contributed by atoms with Crippen molar-refractivity contribution >= 4 is 11.8 Å². The fraction of sp³-hybridized carbons (Fsp3) is 0.400. The van der Waals surface area contributed by atoms with E-state index in [0.717, 1.165) is 5.25 Å². The maximum atomic E-state index is 3.28. The van der Waals surface area contributed by atoms with Crippen LogP contribution in [0.5, 0.6) is 0 Å². The van der Waals surface area contributed by atoms with Gasteiger partial charge in [-0.05, 0) is 18.6 Å². The van der Waals surface area contributed by atoms with Gasteiger partial charge < -0.3 is 5.32 Å². The molecular weight excluding hydrogens is 166 g/mol. The average molecular weight is 179 g/mol. The molecular formula is C10H13NS. The summed E-state index contributed by atoms with van der Waals surface area (Å²) in [7, 11) is 0. The van der Waals surface area contributed by atoms with Gasteiger partial charge in [0.2, 0.25) is 0 Å². The van der Waals surface area contributed by atoms with Gasteiger partial charge in [0, 0.05) is 23.2 Å². The lowest BCUT2D eigenvalue weighted by Crippen LogP contribution is -2.44. The van der Waals surface area contributed by atoms with Crippen molar-refractivity contribution in [2.75, 3.05) is 13.1 Å². The molecule has 1 fully saturated rings. The molecule has 1 saturated heterocycles. The lowest BCUT2D eigenvalue weighted by atomic mass is 10.2. The minimum absolute atomic E-state index is 0.797. The zero-order valence-corrected chi connectivity index (χ0v) is 8.03. The highest BCUT2D eigenvalue weighted by Gasteiger charge is 2.17. The molecule has 1 aromatic rings. The van der Waals surface area contributed by atoms with E-state index in [-0.39, 0.29) is 0 Å². The van der Waals surface area contributed by atoms with Crippen LogP contribution in [0, 0.1) is 6.92 Å². The number of nitrogens with one attached hydrogen (secondary N) is 1. The SMILES string of the molecule is Cc1ccccc1SC1CNC1. The molecule has 0 aromatic heterocycles. The number of aryl methyl sites for hydroxylation is 1. The Kier molecular flexibility index (Phi) is 2.38. The summed E-state index contributed by atoms with van der Waals surface area (Å²) < 4.78 is 0. The molecule has 0 radical (unpaired) electrons. The normalized spacial score (nSPS) is 17.4. The molecule has 0 bridgehead atoms. The minimum atomic E-state index is 0.797. The Morgan fingerprint density at radius 1 is 1.33 bits per heavy atom. The van der Waals surface area contributed by atoms with Crippen LogP contribution in [-0.4, -0.2) is 18.3 Å². The zero-order chi connectivity index (χ0) is 8.39. The first-order valence-electron chi connectivity index (χ1n) is 4.29. The summed E-state index contributed by atoms with van der Waals surface area (Å²) in [5.74, 6) is 0. The van der Waals surface area contributed by atoms with Gasteiger partial charge in [0.05, 0.1) is 0 Å². The summed E-state index contributed by atoms with van der Waals surface area (Å²) in [5.41, 5.74) is 1.40. The summed E-state index contributed by atoms with van der Waals surface area (Å²) in [4.78, 5) is 1.43. The van der Waals surface area contributed by atoms with E-state index in [1.807, 2.05) is 11.8 Å². The number of thioether (sulfide) groups is 1. The van der Waals surface area contributed by atoms with E-state index in [0.29, 0.717) is 0 Å². The Morgan fingerprint density at radius 2 is 2.08 bits per heavy atom. The fourth-order valence-corrected chi connectivity index (χ4v) is 2.39. The standard InChI is InChI=1S/C10H13NS/c1-8-4-2-3-5-10(8)12-9-6-11-7-9/h2-5,9,11H,6-7H2,1H3. The second-order valence-corrected chi connectivity index (χ2v) is 4.51. The van der Waals surface area contributed by atoms with Crippen LogP contribution in [0.4, 0.5) is 0 Å². The lowest BCUT2D eigenvalue weighted by Gasteiger charge is -2.26. The van der Waals surface area contributed by atoms with Gasteiger partial charge in [-0.1, -0.05) is 18.2 Å². The molecule has 0 saturated carbocycles. The van der Waals surface area contributed by atoms with Crippen molar-refractivity contribution in [3.05, 3.63) is 29.8 Å². The van der Waals surface area contributed by atoms with Gasteiger partial charge in [-0.2, -0.15) is 0 Å². The molecule has 0 amide bonds. The van der Waals surface area contributed by atoms with Crippen molar-refractivity contribution in [3.63, 3.8) is 0 Å². The van der Waals surface area contributed by atoms with E-state index < -0.39 is 0 Å². The monoisotopic (exact) mass is 179 g/mol. The Balaban J connectivity index is 2.06. The predicted molar refractivity (Wildman–Crippen MR) is 53.7 cm³/mol. The molecule has 1 aromatic carbocycles. The van der Waals surface area contributed by atoms with Gasteiger partial charge in [0.25, 0.3) is 0 Å². The molecule has 0 aliphatic carbocycles. The van der Waals surface area contributed by atoms with Crippen molar-refractivity contribution in [1.29, 1.82) is 0 Å². The number of hydrogen-bond donors (Lipinski definition) is 1. The van der Waals surface area contributed by atoms with Crippen LogP contribution >= 0.6 is 11.8 Å². The van der Waals surface area contributed by atoms with Crippen LogP contribution in [0.25, 0.3) is 0 Å². The van der Waals surface area contributed by atoms with Crippen molar-refractivity contribution in [3.8, 4) is 0 Å². The summed E-state index contributed by atoms with van der Waals surface area (Å²) in [6.45, 7) is 4.51. The van der Waals surface area contributed by atoms with Gasteiger partial charge in [-0.25, -0.2) is 0 Å². The summed E-state index contributed by atoms with van der Waals surface area (Å²) in [5, 5.41) is 4.08. The molecule has 12 heavy (non-hydrogen) atoms. The molecule has 0 unspecified atom stereocenters. The van der Waals surface area contributed by atoms with E-state index in [2.05, 4.69) is 36.5 Å². The molecule has 2 heteroatoms. The van der Waals surface area contributed by atoms with E-state index in [1.54, 1.807) is 0 Å². The van der Waals surface area contributed by atoms with Crippen LogP contribution in [0.2, 0.25) is 0 Å². The average Bonchev–Trinajstić information content (AvgIpc) is 2.00. The summed E-state index contributed by atoms with van der Waals surface area (Å²) in [6, 6.07) is 8.59. The quantitative estimate of drug-likeness (QED) is 0.746. The van der Waals surface area contributed by atoms with E-state index >= 15 is 0 Å². The maximum Gasteiger partial charge on any atom is 0.0344 e. The van der Waals surface area contributed by atoms with Crippen molar-refractivity contribution in [1.82, 2.24) is 5.32 Å². The molecule has 1 N–H and O–H groups in total. The van der Waals surface area contributed by atoms with Crippen LogP contribution in [0.1, 0.15) is 5.56 Å². The minimum Gasteiger partial charge on any atom is -0.314 e. The van der Waals surface area contributed by atoms with Gasteiger partial charge in [0.15, 0.2) is 0 Å². The highest BCUT2D eigenvalue weighted by Crippen LogP contribution is 2.27. The van der Waals surface area contributed by atoms with Crippen LogP contribution in [0.15, 0.2) is 29.2 Å². The van der Waals surface area contributed by atoms with Gasteiger partial charge in [0.1, 0.15) is 0 Å². The molecule has 0 spiro atoms. The third-order valence-electron chi connectivity index (χ3n) is 2.13. The van der Waals surface area contributed by atoms with E-state index in [4.69, 9.17) is 0 Å². The highest BCUT2D eigenvalue weighted by molar-refractivity contribution is 8.00. The molecule has 1 aliphatic heterocycles. The van der Waals surface area contributed by atoms with Gasteiger partial charge in [-0.15, -0.1) is 11.8 Å². The molecule has 1 aliphatic rings. The third kappa shape index (κ3) is 1.65. The molecule has 0 atom stereocenters. The number of benzene rings is 1. The van der Waals surface area contributed by atoms with Crippen molar-refractivity contribution in [2.24, 2.45) is 0 Å². The Hall–Kier alpha value is -0.470. The van der Waals surface area contributed by atoms with Crippen LogP contribution in [-0.2, 0) is 0 Å². The maximum absolute atomic E-state index is 3.28. The number of hydrogen-bond acceptors (Lipinski definition) is 2. The van der Waals surface area contributed by atoms with Gasteiger partial charge in [-0.3, -0.25) is 0 Å². The Morgan fingerprint density at radius 3 is 2.67 bits per heavy atom. The first-order valence-corrected chi connectivity index (χ1v) is 5.17. The first kappa shape index (κ1) is 8.14. The molecule has 1 nitrogen and oxygen atoms in total. The number of rotatable bonds is 2. The Bertz CT molecular complexity index is 268. The van der Waals surface area contributed by atoms with Crippen molar-refractivity contribution < 1.29 is 0 Å². The predicted octanol–water partition coefficient (Wildman–Crippen LogP) is 2.06. The highest BCUT2D eigenvalue weighted by atomic mass is 32.2.